The average Bonchev–Trinajstić information content (AvgIpc) is 2.57. The standard InChI is InChI=1S/C18H27F2N3O2/c1-21-8-10-23(11-9-21)16-6-7-22(13-17(16)24)12-14-2-4-15(5-3-14)25-18(19)20/h2-5,16-18,24H,6-13H2,1H3/t16-,17-/m1/s1. The summed E-state index contributed by atoms with van der Waals surface area (Å²) in [5.41, 5.74) is 1.03. The van der Waals surface area contributed by atoms with Crippen LogP contribution in [0.4, 0.5) is 8.78 Å². The molecule has 1 N–H and O–H groups in total. The highest BCUT2D eigenvalue weighted by atomic mass is 19.3. The van der Waals surface area contributed by atoms with E-state index in [1.54, 1.807) is 24.3 Å². The lowest BCUT2D eigenvalue weighted by molar-refractivity contribution is -0.0498. The van der Waals surface area contributed by atoms with Crippen LogP contribution in [0.15, 0.2) is 24.3 Å². The highest BCUT2D eigenvalue weighted by Crippen LogP contribution is 2.21. The molecule has 2 heterocycles. The SMILES string of the molecule is CN1CCN([C@@H]2CCN(Cc3ccc(OC(F)F)cc3)C[C@H]2O)CC1. The zero-order chi connectivity index (χ0) is 17.8. The zero-order valence-corrected chi connectivity index (χ0v) is 14.7. The quantitative estimate of drug-likeness (QED) is 0.866. The van der Waals surface area contributed by atoms with Crippen molar-refractivity contribution in [2.45, 2.75) is 31.7 Å². The molecule has 2 saturated heterocycles. The van der Waals surface area contributed by atoms with Crippen LogP contribution in [-0.4, -0.2) is 84.9 Å². The molecule has 140 valence electrons. The molecule has 0 unspecified atom stereocenters. The van der Waals surface area contributed by atoms with Gasteiger partial charge in [-0.1, -0.05) is 12.1 Å². The lowest BCUT2D eigenvalue weighted by Gasteiger charge is -2.44. The van der Waals surface area contributed by atoms with Gasteiger partial charge in [0.25, 0.3) is 0 Å². The number of aliphatic hydroxyl groups excluding tert-OH is 1. The molecule has 1 aromatic carbocycles. The van der Waals surface area contributed by atoms with Gasteiger partial charge in [0, 0.05) is 51.9 Å². The third-order valence-electron chi connectivity index (χ3n) is 5.19. The number of piperazine rings is 1. The molecule has 0 aromatic heterocycles. The third-order valence-corrected chi connectivity index (χ3v) is 5.19. The Morgan fingerprint density at radius 1 is 1.12 bits per heavy atom. The molecule has 0 spiro atoms. The van der Waals surface area contributed by atoms with Crippen molar-refractivity contribution in [3.05, 3.63) is 29.8 Å². The van der Waals surface area contributed by atoms with Gasteiger partial charge in [-0.3, -0.25) is 9.80 Å². The number of rotatable bonds is 5. The maximum absolute atomic E-state index is 12.2. The minimum atomic E-state index is -2.80. The van der Waals surface area contributed by atoms with Crippen LogP contribution in [0.5, 0.6) is 5.75 Å². The van der Waals surface area contributed by atoms with E-state index in [4.69, 9.17) is 0 Å². The number of hydrogen-bond acceptors (Lipinski definition) is 5. The minimum Gasteiger partial charge on any atom is -0.435 e. The first-order chi connectivity index (χ1) is 12.0. The van der Waals surface area contributed by atoms with Crippen molar-refractivity contribution in [2.75, 3.05) is 46.3 Å². The summed E-state index contributed by atoms with van der Waals surface area (Å²) < 4.78 is 28.7. The van der Waals surface area contributed by atoms with Gasteiger partial charge in [0.1, 0.15) is 5.75 Å². The molecule has 0 aliphatic carbocycles. The summed E-state index contributed by atoms with van der Waals surface area (Å²) in [6, 6.07) is 6.98. The predicted molar refractivity (Wildman–Crippen MR) is 91.8 cm³/mol. The highest BCUT2D eigenvalue weighted by molar-refractivity contribution is 5.27. The van der Waals surface area contributed by atoms with E-state index in [9.17, 15) is 13.9 Å². The van der Waals surface area contributed by atoms with E-state index in [2.05, 4.69) is 26.5 Å². The van der Waals surface area contributed by atoms with Gasteiger partial charge in [0.05, 0.1) is 6.10 Å². The number of alkyl halides is 2. The van der Waals surface area contributed by atoms with E-state index in [1.807, 2.05) is 0 Å². The van der Waals surface area contributed by atoms with Crippen molar-refractivity contribution in [3.63, 3.8) is 0 Å². The summed E-state index contributed by atoms with van der Waals surface area (Å²) >= 11 is 0. The van der Waals surface area contributed by atoms with E-state index in [1.165, 1.54) is 0 Å². The minimum absolute atomic E-state index is 0.174. The first-order valence-electron chi connectivity index (χ1n) is 8.88. The highest BCUT2D eigenvalue weighted by Gasteiger charge is 2.33. The van der Waals surface area contributed by atoms with Crippen molar-refractivity contribution >= 4 is 0 Å². The maximum atomic E-state index is 12.2. The summed E-state index contributed by atoms with van der Waals surface area (Å²) in [6.45, 7) is 3.64. The second-order valence-electron chi connectivity index (χ2n) is 7.02. The molecule has 2 aliphatic heterocycles. The molecule has 0 radical (unpaired) electrons. The number of benzene rings is 1. The van der Waals surface area contributed by atoms with E-state index >= 15 is 0 Å². The van der Waals surface area contributed by atoms with Gasteiger partial charge in [-0.15, -0.1) is 0 Å². The fourth-order valence-corrected chi connectivity index (χ4v) is 3.74. The van der Waals surface area contributed by atoms with E-state index in [0.717, 1.165) is 44.7 Å². The van der Waals surface area contributed by atoms with Crippen LogP contribution >= 0.6 is 0 Å². The molecular formula is C18H27F2N3O2. The van der Waals surface area contributed by atoms with Crippen molar-refractivity contribution in [1.29, 1.82) is 0 Å². The molecule has 1 aromatic rings. The monoisotopic (exact) mass is 355 g/mol. The molecule has 0 saturated carbocycles. The number of β-amino-alcohol motifs (C(OH)–C–C–N with tert-alkyl or cyclic N) is 1. The number of piperidine rings is 1. The number of nitrogens with zero attached hydrogens (tertiary/aromatic N) is 3. The number of likely N-dealkylation sites (tertiary alicyclic amines) is 1. The molecule has 2 atom stereocenters. The van der Waals surface area contributed by atoms with Crippen LogP contribution in [0.25, 0.3) is 0 Å². The number of likely N-dealkylation sites (N-methyl/N-ethyl adjacent to an activating group) is 1. The van der Waals surface area contributed by atoms with Crippen molar-refractivity contribution in [3.8, 4) is 5.75 Å². The van der Waals surface area contributed by atoms with Crippen LogP contribution in [0.1, 0.15) is 12.0 Å². The van der Waals surface area contributed by atoms with Crippen molar-refractivity contribution in [1.82, 2.24) is 14.7 Å². The molecule has 0 bridgehead atoms. The van der Waals surface area contributed by atoms with Crippen LogP contribution < -0.4 is 4.74 Å². The fourth-order valence-electron chi connectivity index (χ4n) is 3.74. The number of hydrogen-bond donors (Lipinski definition) is 1. The fraction of sp³-hybridized carbons (Fsp3) is 0.667. The zero-order valence-electron chi connectivity index (χ0n) is 14.7. The lowest BCUT2D eigenvalue weighted by Crippen LogP contribution is -2.58. The summed E-state index contributed by atoms with van der Waals surface area (Å²) in [5.74, 6) is 0.174. The summed E-state index contributed by atoms with van der Waals surface area (Å²) in [6.07, 6.45) is 0.607. The molecule has 2 aliphatic rings. The maximum Gasteiger partial charge on any atom is 0.387 e. The van der Waals surface area contributed by atoms with Crippen molar-refractivity contribution < 1.29 is 18.6 Å². The molecule has 25 heavy (non-hydrogen) atoms. The number of aliphatic hydroxyl groups is 1. The molecule has 7 heteroatoms. The van der Waals surface area contributed by atoms with Gasteiger partial charge in [-0.05, 0) is 31.2 Å². The Kier molecular flexibility index (Phi) is 6.22. The van der Waals surface area contributed by atoms with Crippen LogP contribution in [0.2, 0.25) is 0 Å². The topological polar surface area (TPSA) is 39.2 Å². The molecular weight excluding hydrogens is 328 g/mol. The molecule has 2 fully saturated rings. The van der Waals surface area contributed by atoms with Gasteiger partial charge in [0.15, 0.2) is 0 Å². The Balaban J connectivity index is 1.49. The Labute approximate surface area is 147 Å². The smallest absolute Gasteiger partial charge is 0.387 e. The first kappa shape index (κ1) is 18.5. The predicted octanol–water partition coefficient (Wildman–Crippen LogP) is 1.47. The Morgan fingerprint density at radius 3 is 2.40 bits per heavy atom. The van der Waals surface area contributed by atoms with Gasteiger partial charge < -0.3 is 14.7 Å². The van der Waals surface area contributed by atoms with Gasteiger partial charge in [-0.25, -0.2) is 0 Å². The Hall–Kier alpha value is -1.28. The first-order valence-corrected chi connectivity index (χ1v) is 8.88. The number of ether oxygens (including phenoxy) is 1. The van der Waals surface area contributed by atoms with Crippen LogP contribution in [0, 0.1) is 0 Å². The largest absolute Gasteiger partial charge is 0.435 e. The number of halogens is 2. The lowest BCUT2D eigenvalue weighted by atomic mass is 9.98. The van der Waals surface area contributed by atoms with Crippen LogP contribution in [-0.2, 0) is 6.54 Å². The normalized spacial score (nSPS) is 26.9. The third kappa shape index (κ3) is 5.10. The second-order valence-corrected chi connectivity index (χ2v) is 7.02. The second kappa shape index (κ2) is 8.40. The summed E-state index contributed by atoms with van der Waals surface area (Å²) in [5, 5.41) is 10.6. The van der Waals surface area contributed by atoms with Gasteiger partial charge in [-0.2, -0.15) is 8.78 Å². The van der Waals surface area contributed by atoms with Gasteiger partial charge >= 0.3 is 6.61 Å². The van der Waals surface area contributed by atoms with E-state index in [0.29, 0.717) is 13.1 Å². The Bertz CT molecular complexity index is 536. The summed E-state index contributed by atoms with van der Waals surface area (Å²) in [7, 11) is 2.13. The van der Waals surface area contributed by atoms with E-state index in [-0.39, 0.29) is 17.9 Å². The molecule has 5 nitrogen and oxygen atoms in total. The summed E-state index contributed by atoms with van der Waals surface area (Å²) in [4.78, 5) is 6.96. The average molecular weight is 355 g/mol. The van der Waals surface area contributed by atoms with Gasteiger partial charge in [0.2, 0.25) is 0 Å². The Morgan fingerprint density at radius 2 is 1.80 bits per heavy atom. The molecule has 0 amide bonds. The van der Waals surface area contributed by atoms with E-state index < -0.39 is 6.61 Å². The van der Waals surface area contributed by atoms with Crippen molar-refractivity contribution in [2.24, 2.45) is 0 Å². The molecule has 3 rings (SSSR count). The van der Waals surface area contributed by atoms with Crippen LogP contribution in [0.3, 0.4) is 0 Å².